The van der Waals surface area contributed by atoms with Gasteiger partial charge in [-0.15, -0.1) is 0 Å². The van der Waals surface area contributed by atoms with Crippen molar-refractivity contribution >= 4 is 5.96 Å². The number of aryl methyl sites for hydroxylation is 1. The summed E-state index contributed by atoms with van der Waals surface area (Å²) in [7, 11) is 1.85. The lowest BCUT2D eigenvalue weighted by atomic mass is 10.1. The number of aliphatic imine (C=N–C) groups is 1. The van der Waals surface area contributed by atoms with E-state index in [0.29, 0.717) is 6.04 Å². The molecule has 1 saturated heterocycles. The normalized spacial score (nSPS) is 20.5. The lowest BCUT2D eigenvalue weighted by Gasteiger charge is -2.33. The second kappa shape index (κ2) is 7.77. The van der Waals surface area contributed by atoms with E-state index in [0.717, 1.165) is 30.7 Å². The summed E-state index contributed by atoms with van der Waals surface area (Å²) in [5.41, 5.74) is 2.33. The van der Waals surface area contributed by atoms with Crippen LogP contribution >= 0.6 is 0 Å². The highest BCUT2D eigenvalue weighted by Gasteiger charge is 2.31. The minimum atomic E-state index is 0.553. The number of rotatable bonds is 5. The summed E-state index contributed by atoms with van der Waals surface area (Å²) in [5.74, 6) is 0.926. The van der Waals surface area contributed by atoms with Crippen molar-refractivity contribution in [3.05, 3.63) is 29.6 Å². The Morgan fingerprint density at radius 1 is 1.26 bits per heavy atom. The molecular weight excluding hydrogens is 286 g/mol. The Kier molecular flexibility index (Phi) is 5.49. The van der Waals surface area contributed by atoms with Crippen LogP contribution in [0.25, 0.3) is 0 Å². The van der Waals surface area contributed by atoms with Gasteiger partial charge in [0.2, 0.25) is 0 Å². The molecule has 0 spiro atoms. The van der Waals surface area contributed by atoms with Crippen LogP contribution < -0.4 is 10.6 Å². The topological polar surface area (TPSA) is 52.6 Å². The van der Waals surface area contributed by atoms with Gasteiger partial charge in [-0.25, -0.2) is 0 Å². The van der Waals surface area contributed by atoms with Crippen molar-refractivity contribution in [2.24, 2.45) is 4.99 Å². The molecule has 2 N–H and O–H groups in total. The summed E-state index contributed by atoms with van der Waals surface area (Å²) < 4.78 is 0. The molecule has 5 heteroatoms. The van der Waals surface area contributed by atoms with Crippen LogP contribution in [-0.4, -0.2) is 54.6 Å². The number of nitrogens with zero attached hydrogens (tertiary/aromatic N) is 3. The second-order valence-corrected chi connectivity index (χ2v) is 6.74. The zero-order chi connectivity index (χ0) is 16.1. The first-order valence-electron chi connectivity index (χ1n) is 8.87. The fourth-order valence-corrected chi connectivity index (χ4v) is 3.21. The summed E-state index contributed by atoms with van der Waals surface area (Å²) in [4.78, 5) is 11.3. The molecule has 23 heavy (non-hydrogen) atoms. The lowest BCUT2D eigenvalue weighted by molar-refractivity contribution is 0.197. The predicted molar refractivity (Wildman–Crippen MR) is 94.8 cm³/mol. The van der Waals surface area contributed by atoms with Crippen LogP contribution in [-0.2, 0) is 6.42 Å². The van der Waals surface area contributed by atoms with Crippen LogP contribution in [0.2, 0.25) is 0 Å². The predicted octanol–water partition coefficient (Wildman–Crippen LogP) is 1.72. The van der Waals surface area contributed by atoms with Crippen molar-refractivity contribution in [1.29, 1.82) is 0 Å². The largest absolute Gasteiger partial charge is 0.356 e. The van der Waals surface area contributed by atoms with Crippen molar-refractivity contribution in [3.8, 4) is 0 Å². The van der Waals surface area contributed by atoms with E-state index < -0.39 is 0 Å². The molecule has 1 aliphatic carbocycles. The van der Waals surface area contributed by atoms with Gasteiger partial charge in [0.1, 0.15) is 0 Å². The highest BCUT2D eigenvalue weighted by molar-refractivity contribution is 5.79. The minimum Gasteiger partial charge on any atom is -0.356 e. The maximum atomic E-state index is 4.36. The van der Waals surface area contributed by atoms with Crippen LogP contribution in [0.5, 0.6) is 0 Å². The van der Waals surface area contributed by atoms with Crippen LogP contribution in [0.3, 0.4) is 0 Å². The van der Waals surface area contributed by atoms with E-state index in [1.165, 1.54) is 44.3 Å². The maximum absolute atomic E-state index is 4.36. The fraction of sp³-hybridized carbons (Fsp3) is 0.667. The molecule has 0 atom stereocenters. The van der Waals surface area contributed by atoms with Gasteiger partial charge in [-0.05, 0) is 50.7 Å². The molecule has 126 valence electrons. The Hall–Kier alpha value is -1.62. The third-order valence-corrected chi connectivity index (χ3v) is 4.84. The Morgan fingerprint density at radius 2 is 2.04 bits per heavy atom. The number of hydrogen-bond donors (Lipinski definition) is 2. The van der Waals surface area contributed by atoms with E-state index in [1.807, 2.05) is 20.2 Å². The first-order chi connectivity index (χ1) is 11.2. The second-order valence-electron chi connectivity index (χ2n) is 6.74. The van der Waals surface area contributed by atoms with Crippen molar-refractivity contribution < 1.29 is 0 Å². The zero-order valence-electron chi connectivity index (χ0n) is 14.4. The molecule has 1 aromatic heterocycles. The Balaban J connectivity index is 1.37. The molecule has 2 aliphatic rings. The number of pyridine rings is 1. The molecule has 0 aromatic carbocycles. The highest BCUT2D eigenvalue weighted by Crippen LogP contribution is 2.29. The van der Waals surface area contributed by atoms with Crippen molar-refractivity contribution in [3.63, 3.8) is 0 Å². The smallest absolute Gasteiger partial charge is 0.191 e. The molecule has 0 amide bonds. The molecule has 3 rings (SSSR count). The molecule has 2 fully saturated rings. The van der Waals surface area contributed by atoms with Crippen molar-refractivity contribution in [1.82, 2.24) is 20.5 Å². The minimum absolute atomic E-state index is 0.553. The highest BCUT2D eigenvalue weighted by atomic mass is 15.2. The third kappa shape index (κ3) is 4.93. The van der Waals surface area contributed by atoms with Gasteiger partial charge < -0.3 is 15.5 Å². The van der Waals surface area contributed by atoms with Gasteiger partial charge in [0.25, 0.3) is 0 Å². The monoisotopic (exact) mass is 315 g/mol. The van der Waals surface area contributed by atoms with Crippen molar-refractivity contribution in [2.75, 3.05) is 26.7 Å². The quantitative estimate of drug-likeness (QED) is 0.642. The Bertz CT molecular complexity index is 513. The molecule has 0 bridgehead atoms. The van der Waals surface area contributed by atoms with Gasteiger partial charge in [0.15, 0.2) is 5.96 Å². The number of hydrogen-bond acceptors (Lipinski definition) is 3. The van der Waals surface area contributed by atoms with Crippen LogP contribution in [0, 0.1) is 6.92 Å². The molecule has 2 heterocycles. The maximum Gasteiger partial charge on any atom is 0.191 e. The van der Waals surface area contributed by atoms with Gasteiger partial charge >= 0.3 is 0 Å². The summed E-state index contributed by atoms with van der Waals surface area (Å²) >= 11 is 0. The van der Waals surface area contributed by atoms with Crippen LogP contribution in [0.4, 0.5) is 0 Å². The van der Waals surface area contributed by atoms with Gasteiger partial charge in [0.05, 0.1) is 0 Å². The summed E-state index contributed by atoms with van der Waals surface area (Å²) in [6.07, 6.45) is 8.19. The van der Waals surface area contributed by atoms with E-state index in [4.69, 9.17) is 0 Å². The van der Waals surface area contributed by atoms with E-state index >= 15 is 0 Å². The number of guanidine groups is 1. The lowest BCUT2D eigenvalue weighted by Crippen LogP contribution is -2.49. The van der Waals surface area contributed by atoms with Gasteiger partial charge in [-0.1, -0.05) is 6.07 Å². The standard InChI is InChI=1S/C18H29N5/c1-14-3-4-15(13-21-14)7-10-20-18(19-2)22-16-8-11-23(12-9-16)17-5-6-17/h3-4,13,16-17H,5-12H2,1-2H3,(H2,19,20,22). The zero-order valence-corrected chi connectivity index (χ0v) is 14.4. The molecule has 0 unspecified atom stereocenters. The molecular formula is C18H29N5. The first kappa shape index (κ1) is 16.2. The molecule has 1 saturated carbocycles. The van der Waals surface area contributed by atoms with E-state index in [2.05, 4.69) is 37.6 Å². The SMILES string of the molecule is CN=C(NCCc1ccc(C)nc1)NC1CCN(C2CC2)CC1. The Labute approximate surface area is 139 Å². The van der Waals surface area contributed by atoms with E-state index in [1.54, 1.807) is 0 Å². The average molecular weight is 315 g/mol. The van der Waals surface area contributed by atoms with Crippen LogP contribution in [0.15, 0.2) is 23.3 Å². The number of aromatic nitrogens is 1. The Morgan fingerprint density at radius 3 is 2.65 bits per heavy atom. The fourth-order valence-electron chi connectivity index (χ4n) is 3.21. The van der Waals surface area contributed by atoms with Gasteiger partial charge in [0, 0.05) is 50.7 Å². The number of piperidine rings is 1. The third-order valence-electron chi connectivity index (χ3n) is 4.84. The molecule has 1 aromatic rings. The van der Waals surface area contributed by atoms with Crippen LogP contribution in [0.1, 0.15) is 36.9 Å². The number of likely N-dealkylation sites (tertiary alicyclic amines) is 1. The molecule has 1 aliphatic heterocycles. The summed E-state index contributed by atoms with van der Waals surface area (Å²) in [5, 5.41) is 7.00. The molecule has 5 nitrogen and oxygen atoms in total. The molecule has 0 radical (unpaired) electrons. The van der Waals surface area contributed by atoms with Gasteiger partial charge in [-0.2, -0.15) is 0 Å². The number of nitrogens with one attached hydrogen (secondary N) is 2. The summed E-state index contributed by atoms with van der Waals surface area (Å²) in [6, 6.07) is 5.66. The van der Waals surface area contributed by atoms with E-state index in [9.17, 15) is 0 Å². The first-order valence-corrected chi connectivity index (χ1v) is 8.87. The van der Waals surface area contributed by atoms with E-state index in [-0.39, 0.29) is 0 Å². The van der Waals surface area contributed by atoms with Crippen molar-refractivity contribution in [2.45, 2.75) is 51.1 Å². The average Bonchev–Trinajstić information content (AvgIpc) is 3.41. The summed E-state index contributed by atoms with van der Waals surface area (Å²) in [6.45, 7) is 5.36. The van der Waals surface area contributed by atoms with Gasteiger partial charge in [-0.3, -0.25) is 9.98 Å².